The van der Waals surface area contributed by atoms with Crippen molar-refractivity contribution < 1.29 is 14.3 Å². The Morgan fingerprint density at radius 3 is 2.19 bits per heavy atom. The zero-order valence-electron chi connectivity index (χ0n) is 12.0. The largest absolute Gasteiger partial charge is 0.489 e. The van der Waals surface area contributed by atoms with Crippen LogP contribution in [0.1, 0.15) is 16.7 Å². The van der Waals surface area contributed by atoms with E-state index in [1.165, 1.54) is 5.56 Å². The molecule has 3 nitrogen and oxygen atoms in total. The smallest absolute Gasteiger partial charge is 0.330 e. The fraction of sp³-hybridized carbons (Fsp3) is 0.167. The highest BCUT2D eigenvalue weighted by Gasteiger charge is 2.00. The second-order valence-corrected chi connectivity index (χ2v) is 4.73. The van der Waals surface area contributed by atoms with E-state index in [9.17, 15) is 4.79 Å². The van der Waals surface area contributed by atoms with Gasteiger partial charge in [-0.3, -0.25) is 0 Å². The lowest BCUT2D eigenvalue weighted by molar-refractivity contribution is -0.138. The molecule has 0 aliphatic carbocycles. The molecule has 0 heterocycles. The van der Waals surface area contributed by atoms with Crippen molar-refractivity contribution in [3.8, 4) is 5.75 Å². The molecule has 108 valence electrons. The lowest BCUT2D eigenvalue weighted by Crippen LogP contribution is -2.00. The summed E-state index contributed by atoms with van der Waals surface area (Å²) >= 11 is 0. The molecule has 2 rings (SSSR count). The molecule has 3 heteroatoms. The van der Waals surface area contributed by atoms with Crippen LogP contribution in [0.3, 0.4) is 0 Å². The number of carbonyl (C=O) groups is 1. The molecule has 0 atom stereocenters. The van der Waals surface area contributed by atoms with Gasteiger partial charge in [0.25, 0.3) is 0 Å². The maximum atomic E-state index is 11.0. The Morgan fingerprint density at radius 1 is 1.00 bits per heavy atom. The number of carbonyl (C=O) groups excluding carboxylic acids is 1. The topological polar surface area (TPSA) is 35.5 Å². The average molecular weight is 282 g/mol. The molecule has 0 unspecified atom stereocenters. The minimum atomic E-state index is -0.422. The number of esters is 1. The van der Waals surface area contributed by atoms with Gasteiger partial charge >= 0.3 is 5.97 Å². The standard InChI is InChI=1S/C18H18O3/c1-3-18(19)21-13-16-8-10-17(11-9-16)20-12-15-6-4-14(2)5-7-15/h3-11H,1,12-13H2,2H3. The van der Waals surface area contributed by atoms with Gasteiger partial charge in [-0.2, -0.15) is 0 Å². The molecule has 0 aromatic heterocycles. The van der Waals surface area contributed by atoms with Crippen molar-refractivity contribution >= 4 is 5.97 Å². The molecule has 0 saturated carbocycles. The minimum absolute atomic E-state index is 0.239. The van der Waals surface area contributed by atoms with Crippen LogP contribution in [-0.2, 0) is 22.7 Å². The quantitative estimate of drug-likeness (QED) is 0.597. The van der Waals surface area contributed by atoms with Crippen LogP contribution < -0.4 is 4.74 Å². The summed E-state index contributed by atoms with van der Waals surface area (Å²) in [6.45, 7) is 6.18. The molecule has 0 saturated heterocycles. The molecule has 0 radical (unpaired) electrons. The van der Waals surface area contributed by atoms with Gasteiger partial charge in [-0.15, -0.1) is 0 Å². The summed E-state index contributed by atoms with van der Waals surface area (Å²) < 4.78 is 10.7. The third-order valence-corrected chi connectivity index (χ3v) is 3.00. The molecule has 0 amide bonds. The van der Waals surface area contributed by atoms with Gasteiger partial charge in [-0.25, -0.2) is 4.79 Å². The van der Waals surface area contributed by atoms with Crippen LogP contribution in [0.15, 0.2) is 61.2 Å². The van der Waals surface area contributed by atoms with Crippen molar-refractivity contribution in [2.45, 2.75) is 20.1 Å². The third-order valence-electron chi connectivity index (χ3n) is 3.00. The van der Waals surface area contributed by atoms with E-state index in [1.54, 1.807) is 0 Å². The zero-order chi connectivity index (χ0) is 15.1. The van der Waals surface area contributed by atoms with Gasteiger partial charge < -0.3 is 9.47 Å². The number of benzene rings is 2. The predicted molar refractivity (Wildman–Crippen MR) is 81.9 cm³/mol. The normalized spacial score (nSPS) is 9.95. The number of aryl methyl sites for hydroxylation is 1. The molecule has 0 N–H and O–H groups in total. The van der Waals surface area contributed by atoms with Gasteiger partial charge in [0.1, 0.15) is 19.0 Å². The van der Waals surface area contributed by atoms with Crippen molar-refractivity contribution in [2.24, 2.45) is 0 Å². The zero-order valence-corrected chi connectivity index (χ0v) is 12.0. The van der Waals surface area contributed by atoms with Crippen LogP contribution in [0, 0.1) is 6.92 Å². The predicted octanol–water partition coefficient (Wildman–Crippen LogP) is 3.80. The Morgan fingerprint density at radius 2 is 1.57 bits per heavy atom. The Balaban J connectivity index is 1.85. The highest BCUT2D eigenvalue weighted by molar-refractivity contribution is 5.81. The van der Waals surface area contributed by atoms with Gasteiger partial charge in [0.05, 0.1) is 0 Å². The highest BCUT2D eigenvalue weighted by Crippen LogP contribution is 2.15. The number of ether oxygens (including phenoxy) is 2. The molecule has 2 aromatic rings. The summed E-state index contributed by atoms with van der Waals surface area (Å²) in [5.41, 5.74) is 3.27. The van der Waals surface area contributed by atoms with E-state index in [0.29, 0.717) is 6.61 Å². The Labute approximate surface area is 124 Å². The van der Waals surface area contributed by atoms with Crippen LogP contribution in [0.4, 0.5) is 0 Å². The maximum absolute atomic E-state index is 11.0. The molecular weight excluding hydrogens is 264 g/mol. The van der Waals surface area contributed by atoms with Crippen molar-refractivity contribution in [2.75, 3.05) is 0 Å². The first-order valence-electron chi connectivity index (χ1n) is 6.74. The summed E-state index contributed by atoms with van der Waals surface area (Å²) in [6.07, 6.45) is 1.15. The summed E-state index contributed by atoms with van der Waals surface area (Å²) in [4.78, 5) is 11.0. The summed E-state index contributed by atoms with van der Waals surface area (Å²) in [5, 5.41) is 0. The second kappa shape index (κ2) is 7.29. The van der Waals surface area contributed by atoms with Crippen LogP contribution in [0.5, 0.6) is 5.75 Å². The van der Waals surface area contributed by atoms with E-state index in [1.807, 2.05) is 24.3 Å². The molecule has 0 fully saturated rings. The first kappa shape index (κ1) is 14.9. The fourth-order valence-electron chi connectivity index (χ4n) is 1.75. The molecule has 0 bridgehead atoms. The summed E-state index contributed by atoms with van der Waals surface area (Å²) in [6, 6.07) is 15.7. The van der Waals surface area contributed by atoms with Crippen molar-refractivity contribution in [1.29, 1.82) is 0 Å². The lowest BCUT2D eigenvalue weighted by Gasteiger charge is -2.08. The lowest BCUT2D eigenvalue weighted by atomic mass is 10.2. The van der Waals surface area contributed by atoms with Gasteiger partial charge in [-0.1, -0.05) is 48.5 Å². The highest BCUT2D eigenvalue weighted by atomic mass is 16.5. The molecule has 21 heavy (non-hydrogen) atoms. The summed E-state index contributed by atoms with van der Waals surface area (Å²) in [7, 11) is 0. The first-order valence-corrected chi connectivity index (χ1v) is 6.74. The average Bonchev–Trinajstić information content (AvgIpc) is 2.53. The second-order valence-electron chi connectivity index (χ2n) is 4.73. The van der Waals surface area contributed by atoms with E-state index in [4.69, 9.17) is 9.47 Å². The SMILES string of the molecule is C=CC(=O)OCc1ccc(OCc2ccc(C)cc2)cc1. The van der Waals surface area contributed by atoms with E-state index in [0.717, 1.165) is 23.0 Å². The Kier molecular flexibility index (Phi) is 5.16. The van der Waals surface area contributed by atoms with Crippen molar-refractivity contribution in [1.82, 2.24) is 0 Å². The van der Waals surface area contributed by atoms with E-state index >= 15 is 0 Å². The van der Waals surface area contributed by atoms with Gasteiger partial charge in [0, 0.05) is 6.08 Å². The van der Waals surface area contributed by atoms with Crippen molar-refractivity contribution in [3.05, 3.63) is 77.9 Å². The molecule has 0 spiro atoms. The van der Waals surface area contributed by atoms with E-state index in [-0.39, 0.29) is 6.61 Å². The van der Waals surface area contributed by atoms with E-state index in [2.05, 4.69) is 37.8 Å². The Hall–Kier alpha value is -2.55. The minimum Gasteiger partial charge on any atom is -0.489 e. The van der Waals surface area contributed by atoms with Crippen LogP contribution >= 0.6 is 0 Å². The van der Waals surface area contributed by atoms with Crippen LogP contribution in [-0.4, -0.2) is 5.97 Å². The monoisotopic (exact) mass is 282 g/mol. The van der Waals surface area contributed by atoms with Crippen LogP contribution in [0.2, 0.25) is 0 Å². The fourth-order valence-corrected chi connectivity index (χ4v) is 1.75. The van der Waals surface area contributed by atoms with Gasteiger partial charge in [0.2, 0.25) is 0 Å². The van der Waals surface area contributed by atoms with E-state index < -0.39 is 5.97 Å². The molecule has 0 aliphatic rings. The molecule has 0 aliphatic heterocycles. The van der Waals surface area contributed by atoms with Gasteiger partial charge in [0.15, 0.2) is 0 Å². The van der Waals surface area contributed by atoms with Gasteiger partial charge in [-0.05, 0) is 30.2 Å². The summed E-state index contributed by atoms with van der Waals surface area (Å²) in [5.74, 6) is 0.365. The first-order chi connectivity index (χ1) is 10.2. The maximum Gasteiger partial charge on any atom is 0.330 e. The Bertz CT molecular complexity index is 597. The molecular formula is C18H18O3. The van der Waals surface area contributed by atoms with Crippen molar-refractivity contribution in [3.63, 3.8) is 0 Å². The third kappa shape index (κ3) is 4.80. The number of hydrogen-bond donors (Lipinski definition) is 0. The molecule has 2 aromatic carbocycles. The number of rotatable bonds is 6. The van der Waals surface area contributed by atoms with Crippen LogP contribution in [0.25, 0.3) is 0 Å². The number of hydrogen-bond acceptors (Lipinski definition) is 3.